The summed E-state index contributed by atoms with van der Waals surface area (Å²) in [5.41, 5.74) is -1.13. The molecule has 26 heavy (non-hydrogen) atoms. The number of hydrogen-bond donors (Lipinski definition) is 4. The van der Waals surface area contributed by atoms with Crippen molar-refractivity contribution in [1.82, 2.24) is 0 Å². The molecule has 5 unspecified atom stereocenters. The zero-order valence-electron chi connectivity index (χ0n) is 14.4. The first-order chi connectivity index (χ1) is 11.7. The van der Waals surface area contributed by atoms with Crippen LogP contribution >= 0.6 is 23.5 Å². The fourth-order valence-corrected chi connectivity index (χ4v) is 3.87. The van der Waals surface area contributed by atoms with Crippen LogP contribution in [0.2, 0.25) is 0 Å². The average molecular weight is 460 g/mol. The van der Waals surface area contributed by atoms with Crippen LogP contribution in [0.15, 0.2) is 5.16 Å². The van der Waals surface area contributed by atoms with E-state index < -0.39 is 46.9 Å². The second-order valence-corrected chi connectivity index (χ2v) is 8.36. The van der Waals surface area contributed by atoms with Crippen molar-refractivity contribution in [2.75, 3.05) is 18.6 Å². The van der Waals surface area contributed by atoms with Gasteiger partial charge in [0.05, 0.1) is 6.61 Å². The Morgan fingerprint density at radius 2 is 1.88 bits per heavy atom. The van der Waals surface area contributed by atoms with E-state index in [9.17, 15) is 28.3 Å². The van der Waals surface area contributed by atoms with E-state index in [4.69, 9.17) is 9.84 Å². The van der Waals surface area contributed by atoms with Gasteiger partial charge in [-0.15, -0.1) is 0 Å². The van der Waals surface area contributed by atoms with Crippen molar-refractivity contribution in [1.29, 1.82) is 0 Å². The Labute approximate surface area is 203 Å². The van der Waals surface area contributed by atoms with Gasteiger partial charge in [0.25, 0.3) is 10.4 Å². The summed E-state index contributed by atoms with van der Waals surface area (Å²) in [6.45, 7) is -0.590. The number of rotatable bonds is 9. The summed E-state index contributed by atoms with van der Waals surface area (Å²) in [4.78, 5) is 0. The largest absolute Gasteiger partial charge is 1.00 e. The molecule has 1 fully saturated rings. The van der Waals surface area contributed by atoms with E-state index in [-0.39, 0.29) is 62.8 Å². The predicted molar refractivity (Wildman–Crippen MR) is 91.8 cm³/mol. The van der Waals surface area contributed by atoms with Gasteiger partial charge in [0, 0.05) is 0 Å². The number of hydrogen-bond acceptors (Lipinski definition) is 12. The first-order valence-corrected chi connectivity index (χ1v) is 11.0. The zero-order chi connectivity index (χ0) is 19.0. The van der Waals surface area contributed by atoms with Crippen LogP contribution in [0.3, 0.4) is 0 Å². The van der Waals surface area contributed by atoms with Crippen molar-refractivity contribution in [2.45, 2.75) is 49.1 Å². The third kappa shape index (κ3) is 9.82. The minimum absolute atomic E-state index is 0. The van der Waals surface area contributed by atoms with Crippen molar-refractivity contribution in [3.63, 3.8) is 0 Å². The standard InChI is InChI=1S/C12H23NO9S3.K/c1-23-5-3-2-4-8(13-22-25(18,19)20)24-12-11(17)10(16)9(15)7(6-14)21-12;/h7,9-12,14-17H,2-6H2,1H3,(H,18,19,20);/q;+1/p-1. The maximum atomic E-state index is 10.6. The number of ether oxygens (including phenoxy) is 1. The Kier molecular flexibility index (Phi) is 14.5. The van der Waals surface area contributed by atoms with Crippen LogP contribution in [0.25, 0.3) is 0 Å². The Balaban J connectivity index is 0.00000625. The van der Waals surface area contributed by atoms with E-state index in [0.717, 1.165) is 23.9 Å². The monoisotopic (exact) mass is 459 g/mol. The van der Waals surface area contributed by atoms with Crippen LogP contribution in [0.5, 0.6) is 0 Å². The molecule has 4 N–H and O–H groups in total. The van der Waals surface area contributed by atoms with Gasteiger partial charge in [-0.2, -0.15) is 20.2 Å². The van der Waals surface area contributed by atoms with E-state index in [1.165, 1.54) is 0 Å². The van der Waals surface area contributed by atoms with E-state index in [0.29, 0.717) is 6.42 Å². The summed E-state index contributed by atoms with van der Waals surface area (Å²) in [5.74, 6) is 0.874. The molecule has 1 aliphatic heterocycles. The van der Waals surface area contributed by atoms with Crippen LogP contribution in [0, 0.1) is 0 Å². The third-order valence-corrected chi connectivity index (χ3v) is 5.45. The van der Waals surface area contributed by atoms with Crippen molar-refractivity contribution in [3.8, 4) is 0 Å². The number of aliphatic hydroxyl groups excluding tert-OH is 4. The number of thioether (sulfide) groups is 2. The maximum absolute atomic E-state index is 10.6. The summed E-state index contributed by atoms with van der Waals surface area (Å²) in [6.07, 6.45) is -2.06. The molecule has 10 nitrogen and oxygen atoms in total. The zero-order valence-corrected chi connectivity index (χ0v) is 20.0. The van der Waals surface area contributed by atoms with Gasteiger partial charge in [0.1, 0.15) is 34.9 Å². The van der Waals surface area contributed by atoms with Crippen LogP contribution in [0.4, 0.5) is 0 Å². The molecular weight excluding hydrogens is 437 g/mol. The molecule has 0 radical (unpaired) electrons. The average Bonchev–Trinajstić information content (AvgIpc) is 2.55. The van der Waals surface area contributed by atoms with Gasteiger partial charge in [0.2, 0.25) is 0 Å². The number of oxime groups is 1. The van der Waals surface area contributed by atoms with E-state index in [2.05, 4.69) is 9.44 Å². The Hall–Kier alpha value is 1.52. The number of unbranched alkanes of at least 4 members (excludes halogenated alkanes) is 1. The summed E-state index contributed by atoms with van der Waals surface area (Å²) in [6, 6.07) is 0. The van der Waals surface area contributed by atoms with Gasteiger partial charge in [0.15, 0.2) is 0 Å². The van der Waals surface area contributed by atoms with E-state index >= 15 is 0 Å². The molecule has 0 spiro atoms. The Morgan fingerprint density at radius 3 is 2.42 bits per heavy atom. The first kappa shape index (κ1) is 27.5. The third-order valence-electron chi connectivity index (χ3n) is 3.32. The summed E-state index contributed by atoms with van der Waals surface area (Å²) in [7, 11) is -5.03. The van der Waals surface area contributed by atoms with Gasteiger partial charge < -0.3 is 29.7 Å². The Morgan fingerprint density at radius 1 is 1.23 bits per heavy atom. The first-order valence-electron chi connectivity index (χ1n) is 7.37. The summed E-state index contributed by atoms with van der Waals surface area (Å²) >= 11 is 2.39. The van der Waals surface area contributed by atoms with Gasteiger partial charge in [-0.1, -0.05) is 16.9 Å². The second-order valence-electron chi connectivity index (χ2n) is 5.23. The van der Waals surface area contributed by atoms with Crippen LogP contribution < -0.4 is 51.4 Å². The minimum atomic E-state index is -5.03. The van der Waals surface area contributed by atoms with Crippen LogP contribution in [-0.2, 0) is 19.4 Å². The molecule has 0 aromatic carbocycles. The van der Waals surface area contributed by atoms with Crippen molar-refractivity contribution >= 4 is 39.0 Å². The SMILES string of the molecule is CSCCCCC(=NOS(=O)(=O)[O-])SC1OC(CO)C(O)C(O)C1O.[K+]. The fraction of sp³-hybridized carbons (Fsp3) is 0.917. The summed E-state index contributed by atoms with van der Waals surface area (Å²) in [5, 5.41) is 42.0. The topological polar surface area (TPSA) is 169 Å². The molecular formula is C12H22KNO9S3. The quantitative estimate of drug-likeness (QED) is 0.0502. The number of nitrogens with zero attached hydrogens (tertiary/aromatic N) is 1. The second kappa shape index (κ2) is 13.7. The van der Waals surface area contributed by atoms with Crippen molar-refractivity contribution in [3.05, 3.63) is 0 Å². The fourth-order valence-electron chi connectivity index (χ4n) is 2.03. The van der Waals surface area contributed by atoms with Gasteiger partial charge in [-0.25, -0.2) is 0 Å². The smallest absolute Gasteiger partial charge is 0.714 e. The van der Waals surface area contributed by atoms with Gasteiger partial charge >= 0.3 is 51.4 Å². The van der Waals surface area contributed by atoms with E-state index in [1.54, 1.807) is 11.8 Å². The van der Waals surface area contributed by atoms with Crippen molar-refractivity contribution < 1.29 is 93.8 Å². The molecule has 0 aliphatic carbocycles. The molecule has 14 heteroatoms. The molecule has 1 rings (SSSR count). The molecule has 0 aromatic rings. The Bertz CT molecular complexity index is 534. The molecule has 1 saturated heterocycles. The number of aliphatic hydroxyl groups is 4. The van der Waals surface area contributed by atoms with Gasteiger partial charge in [-0.05, 0) is 31.3 Å². The summed E-state index contributed by atoms with van der Waals surface area (Å²) < 4.78 is 40.9. The van der Waals surface area contributed by atoms with Crippen LogP contribution in [-0.4, -0.2) is 86.9 Å². The normalized spacial score (nSPS) is 29.9. The molecule has 0 saturated carbocycles. The van der Waals surface area contributed by atoms with Crippen LogP contribution in [0.1, 0.15) is 19.3 Å². The molecule has 1 aliphatic rings. The predicted octanol–water partition coefficient (Wildman–Crippen LogP) is -4.15. The minimum Gasteiger partial charge on any atom is -0.714 e. The molecule has 0 amide bonds. The molecule has 5 atom stereocenters. The molecule has 1 heterocycles. The molecule has 0 bridgehead atoms. The van der Waals surface area contributed by atoms with E-state index in [1.807, 2.05) is 6.26 Å². The molecule has 0 aromatic heterocycles. The van der Waals surface area contributed by atoms with Gasteiger partial charge in [-0.3, -0.25) is 4.28 Å². The molecule has 148 valence electrons. The van der Waals surface area contributed by atoms with Crippen molar-refractivity contribution in [2.24, 2.45) is 5.16 Å². The maximum Gasteiger partial charge on any atom is 1.00 e.